The van der Waals surface area contributed by atoms with Crippen LogP contribution in [0.3, 0.4) is 0 Å². The van der Waals surface area contributed by atoms with E-state index in [2.05, 4.69) is 0 Å². The third-order valence-electron chi connectivity index (χ3n) is 6.04. The number of halogens is 4. The highest BCUT2D eigenvalue weighted by Gasteiger charge is 2.64. The summed E-state index contributed by atoms with van der Waals surface area (Å²) in [6, 6.07) is 9.29. The fourth-order valence-corrected chi connectivity index (χ4v) is 4.32. The maximum atomic E-state index is 14.1. The highest BCUT2D eigenvalue weighted by atomic mass is 35.5. The number of amides is 1. The molecule has 2 heterocycles. The van der Waals surface area contributed by atoms with Gasteiger partial charge in [0.15, 0.2) is 5.41 Å². The van der Waals surface area contributed by atoms with Crippen LogP contribution < -0.4 is 5.73 Å². The maximum absolute atomic E-state index is 14.1. The molecule has 0 aromatic heterocycles. The second kappa shape index (κ2) is 9.01. The highest BCUT2D eigenvalue weighted by Crippen LogP contribution is 2.47. The number of piperidine rings is 1. The van der Waals surface area contributed by atoms with Crippen LogP contribution in [0.25, 0.3) is 0 Å². The first-order valence-corrected chi connectivity index (χ1v) is 9.61. The molecular weight excluding hydrogens is 391 g/mol. The molecule has 1 aromatic carbocycles. The predicted octanol–water partition coefficient (Wildman–Crippen LogP) is 3.45. The van der Waals surface area contributed by atoms with E-state index in [1.165, 1.54) is 4.90 Å². The van der Waals surface area contributed by atoms with Gasteiger partial charge in [0.25, 0.3) is 0 Å². The van der Waals surface area contributed by atoms with Gasteiger partial charge in [0.1, 0.15) is 0 Å². The quantitative estimate of drug-likeness (QED) is 0.813. The lowest BCUT2D eigenvalue weighted by Gasteiger charge is -2.40. The van der Waals surface area contributed by atoms with Gasteiger partial charge in [-0.05, 0) is 44.2 Å². The van der Waals surface area contributed by atoms with Crippen molar-refractivity contribution in [3.05, 3.63) is 35.9 Å². The van der Waals surface area contributed by atoms with Crippen molar-refractivity contribution < 1.29 is 18.0 Å². The van der Waals surface area contributed by atoms with Crippen LogP contribution in [0.15, 0.2) is 30.3 Å². The molecule has 8 heteroatoms. The first-order chi connectivity index (χ1) is 12.7. The molecule has 1 aromatic rings. The monoisotopic (exact) mass is 419 g/mol. The highest BCUT2D eigenvalue weighted by molar-refractivity contribution is 5.85. The largest absolute Gasteiger partial charge is 0.404 e. The molecule has 0 saturated carbocycles. The summed E-state index contributed by atoms with van der Waals surface area (Å²) in [5.41, 5.74) is 4.59. The Bertz CT molecular complexity index is 656. The zero-order chi connectivity index (χ0) is 19.7. The second-order valence-corrected chi connectivity index (χ2v) is 8.04. The molecule has 2 N–H and O–H groups in total. The zero-order valence-electron chi connectivity index (χ0n) is 16.1. The molecule has 2 fully saturated rings. The Balaban J connectivity index is 0.00000280. The number of nitrogens with two attached hydrogens (primary N) is 1. The summed E-state index contributed by atoms with van der Waals surface area (Å²) in [6.45, 7) is 2.99. The van der Waals surface area contributed by atoms with Crippen LogP contribution in [0.1, 0.15) is 31.7 Å². The predicted molar refractivity (Wildman–Crippen MR) is 105 cm³/mol. The molecular formula is C20H29ClF3N3O. The maximum Gasteiger partial charge on any atom is 0.404 e. The molecule has 2 aliphatic rings. The van der Waals surface area contributed by atoms with E-state index in [-0.39, 0.29) is 43.9 Å². The van der Waals surface area contributed by atoms with Gasteiger partial charge < -0.3 is 10.6 Å². The van der Waals surface area contributed by atoms with Crippen LogP contribution >= 0.6 is 12.4 Å². The minimum absolute atomic E-state index is 0. The number of hydrogen-bond donors (Lipinski definition) is 1. The van der Waals surface area contributed by atoms with E-state index in [0.717, 1.165) is 12.0 Å². The summed E-state index contributed by atoms with van der Waals surface area (Å²) >= 11 is 0. The molecule has 3 unspecified atom stereocenters. The Labute approximate surface area is 170 Å². The van der Waals surface area contributed by atoms with Crippen LogP contribution in [-0.4, -0.2) is 54.1 Å². The van der Waals surface area contributed by atoms with E-state index >= 15 is 0 Å². The molecule has 3 rings (SSSR count). The van der Waals surface area contributed by atoms with E-state index in [1.54, 1.807) is 4.90 Å². The van der Waals surface area contributed by atoms with Gasteiger partial charge in [0, 0.05) is 32.2 Å². The van der Waals surface area contributed by atoms with Crippen molar-refractivity contribution in [1.29, 1.82) is 0 Å². The molecule has 0 radical (unpaired) electrons. The van der Waals surface area contributed by atoms with Crippen molar-refractivity contribution in [2.45, 2.75) is 44.9 Å². The number of carbonyl (C=O) groups is 1. The Morgan fingerprint density at radius 1 is 1.29 bits per heavy atom. The average Bonchev–Trinajstić information content (AvgIpc) is 3.07. The lowest BCUT2D eigenvalue weighted by molar-refractivity contribution is -0.224. The molecule has 0 bridgehead atoms. The molecule has 2 aliphatic heterocycles. The molecule has 3 atom stereocenters. The number of alkyl halides is 3. The van der Waals surface area contributed by atoms with Crippen molar-refractivity contribution in [2.75, 3.05) is 26.2 Å². The van der Waals surface area contributed by atoms with Gasteiger partial charge in [0.2, 0.25) is 5.91 Å². The van der Waals surface area contributed by atoms with Crippen molar-refractivity contribution in [3.8, 4) is 0 Å². The number of hydrogen-bond acceptors (Lipinski definition) is 3. The summed E-state index contributed by atoms with van der Waals surface area (Å²) < 4.78 is 42.3. The van der Waals surface area contributed by atoms with Crippen molar-refractivity contribution >= 4 is 18.3 Å². The van der Waals surface area contributed by atoms with Gasteiger partial charge in [0.05, 0.1) is 0 Å². The van der Waals surface area contributed by atoms with Crippen molar-refractivity contribution in [3.63, 3.8) is 0 Å². The summed E-state index contributed by atoms with van der Waals surface area (Å²) in [5.74, 6) is -0.703. The number of rotatable bonds is 4. The van der Waals surface area contributed by atoms with Crippen LogP contribution in [0.5, 0.6) is 0 Å². The minimum atomic E-state index is -4.56. The van der Waals surface area contributed by atoms with Gasteiger partial charge in [-0.25, -0.2) is 0 Å². The van der Waals surface area contributed by atoms with E-state index < -0.39 is 17.5 Å². The fourth-order valence-electron chi connectivity index (χ4n) is 4.32. The lowest BCUT2D eigenvalue weighted by Crippen LogP contribution is -2.56. The first kappa shape index (κ1) is 23.0. The van der Waals surface area contributed by atoms with E-state index in [4.69, 9.17) is 5.73 Å². The van der Waals surface area contributed by atoms with Gasteiger partial charge in [-0.15, -0.1) is 12.4 Å². The lowest BCUT2D eigenvalue weighted by atomic mass is 9.82. The van der Waals surface area contributed by atoms with E-state index in [9.17, 15) is 18.0 Å². The Kier molecular flexibility index (Phi) is 7.39. The van der Waals surface area contributed by atoms with Gasteiger partial charge in [-0.2, -0.15) is 13.2 Å². The van der Waals surface area contributed by atoms with Crippen LogP contribution in [-0.2, 0) is 11.3 Å². The summed E-state index contributed by atoms with van der Waals surface area (Å²) in [4.78, 5) is 16.2. The van der Waals surface area contributed by atoms with Gasteiger partial charge in [-0.3, -0.25) is 9.69 Å². The zero-order valence-corrected chi connectivity index (χ0v) is 16.9. The smallest absolute Gasteiger partial charge is 0.342 e. The molecule has 158 valence electrons. The standard InChI is InChI=1S/C20H28F3N3O.ClH/c1-15(24)17-8-5-10-26(13-17)18(27)19(20(21,22)23)9-11-25(14-19)12-16-6-3-2-4-7-16;/h2-4,6-7,15,17H,5,8-14,24H2,1H3;1H. The SMILES string of the molecule is CC(N)C1CCCN(C(=O)C2(C(F)(F)F)CCN(Cc3ccccc3)C2)C1.Cl. The average molecular weight is 420 g/mol. The third-order valence-corrected chi connectivity index (χ3v) is 6.04. The topological polar surface area (TPSA) is 49.6 Å². The molecule has 4 nitrogen and oxygen atoms in total. The third kappa shape index (κ3) is 4.63. The van der Waals surface area contributed by atoms with Crippen LogP contribution in [0, 0.1) is 11.3 Å². The molecule has 1 amide bonds. The van der Waals surface area contributed by atoms with Gasteiger partial charge >= 0.3 is 6.18 Å². The van der Waals surface area contributed by atoms with E-state index in [1.807, 2.05) is 37.3 Å². The number of nitrogens with zero attached hydrogens (tertiary/aromatic N) is 2. The normalized spacial score (nSPS) is 27.3. The van der Waals surface area contributed by atoms with Crippen molar-refractivity contribution in [2.24, 2.45) is 17.1 Å². The molecule has 2 saturated heterocycles. The van der Waals surface area contributed by atoms with Gasteiger partial charge in [-0.1, -0.05) is 30.3 Å². The Hall–Kier alpha value is -1.31. The minimum Gasteiger partial charge on any atom is -0.342 e. The summed E-state index contributed by atoms with van der Waals surface area (Å²) in [7, 11) is 0. The molecule has 28 heavy (non-hydrogen) atoms. The van der Waals surface area contributed by atoms with Crippen LogP contribution in [0.2, 0.25) is 0 Å². The molecule has 0 spiro atoms. The Morgan fingerprint density at radius 2 is 1.96 bits per heavy atom. The molecule has 0 aliphatic carbocycles. The number of benzene rings is 1. The summed E-state index contributed by atoms with van der Waals surface area (Å²) in [6.07, 6.45) is -3.17. The first-order valence-electron chi connectivity index (χ1n) is 9.61. The van der Waals surface area contributed by atoms with E-state index in [0.29, 0.717) is 26.1 Å². The second-order valence-electron chi connectivity index (χ2n) is 8.04. The Morgan fingerprint density at radius 3 is 2.57 bits per heavy atom. The fraction of sp³-hybridized carbons (Fsp3) is 0.650. The summed E-state index contributed by atoms with van der Waals surface area (Å²) in [5, 5.41) is 0. The van der Waals surface area contributed by atoms with Crippen molar-refractivity contribution in [1.82, 2.24) is 9.80 Å². The number of carbonyl (C=O) groups excluding carboxylic acids is 1. The van der Waals surface area contributed by atoms with Crippen LogP contribution in [0.4, 0.5) is 13.2 Å². The number of likely N-dealkylation sites (tertiary alicyclic amines) is 2.